The summed E-state index contributed by atoms with van der Waals surface area (Å²) >= 11 is 0. The Balaban J connectivity index is 1.70. The zero-order chi connectivity index (χ0) is 19.4. The number of rotatable bonds is 7. The minimum Gasteiger partial charge on any atom is -0.497 e. The first-order valence-corrected chi connectivity index (χ1v) is 7.95. The Bertz CT molecular complexity index is 954. The molecule has 0 aliphatic carbocycles. The summed E-state index contributed by atoms with van der Waals surface area (Å²) in [6.07, 6.45) is 0. The lowest BCUT2D eigenvalue weighted by Gasteiger charge is -2.11. The lowest BCUT2D eigenvalue weighted by molar-refractivity contribution is -0.0512. The highest BCUT2D eigenvalue weighted by Gasteiger charge is 2.14. The number of halogens is 2. The Morgan fingerprint density at radius 2 is 1.85 bits per heavy atom. The highest BCUT2D eigenvalue weighted by molar-refractivity contribution is 5.95. The number of esters is 1. The molecule has 0 unspecified atom stereocenters. The molecule has 0 saturated heterocycles. The maximum Gasteiger partial charge on any atom is 0.387 e. The van der Waals surface area contributed by atoms with Gasteiger partial charge in [0.25, 0.3) is 0 Å². The molecule has 142 valence electrons. The third kappa shape index (κ3) is 4.28. The summed E-state index contributed by atoms with van der Waals surface area (Å²) in [6.45, 7) is -3.01. The Kier molecular flexibility index (Phi) is 5.44. The van der Waals surface area contributed by atoms with Crippen LogP contribution in [-0.2, 0) is 11.3 Å². The van der Waals surface area contributed by atoms with E-state index in [0.717, 1.165) is 10.9 Å². The number of fused-ring (bicyclic) bond motifs is 1. The summed E-state index contributed by atoms with van der Waals surface area (Å²) in [7, 11) is 2.90. The van der Waals surface area contributed by atoms with Crippen molar-refractivity contribution in [3.63, 3.8) is 0 Å². The topological polar surface area (TPSA) is 69.8 Å². The van der Waals surface area contributed by atoms with Crippen LogP contribution in [0.3, 0.4) is 0 Å². The van der Waals surface area contributed by atoms with Gasteiger partial charge in [-0.05, 0) is 35.9 Å². The number of aromatic nitrogens is 1. The van der Waals surface area contributed by atoms with E-state index in [0.29, 0.717) is 17.0 Å². The van der Waals surface area contributed by atoms with Gasteiger partial charge in [0.1, 0.15) is 18.1 Å². The lowest BCUT2D eigenvalue weighted by atomic mass is 10.2. The fraction of sp³-hybridized carbons (Fsp3) is 0.211. The summed E-state index contributed by atoms with van der Waals surface area (Å²) in [6, 6.07) is 11.4. The molecule has 0 atom stereocenters. The molecule has 0 amide bonds. The van der Waals surface area contributed by atoms with Gasteiger partial charge in [0.05, 0.1) is 14.2 Å². The molecule has 0 spiro atoms. The van der Waals surface area contributed by atoms with Crippen molar-refractivity contribution in [3.8, 4) is 17.2 Å². The summed E-state index contributed by atoms with van der Waals surface area (Å²) in [5.74, 6) is 0.160. The van der Waals surface area contributed by atoms with E-state index in [4.69, 9.17) is 14.2 Å². The van der Waals surface area contributed by atoms with Crippen LogP contribution in [0, 0.1) is 0 Å². The fourth-order valence-corrected chi connectivity index (χ4v) is 2.56. The van der Waals surface area contributed by atoms with Crippen LogP contribution in [0.5, 0.6) is 17.2 Å². The molecule has 0 bridgehead atoms. The van der Waals surface area contributed by atoms with Crippen molar-refractivity contribution in [2.45, 2.75) is 13.2 Å². The average molecular weight is 377 g/mol. The Labute approximate surface area is 153 Å². The minimum atomic E-state index is -2.96. The molecule has 0 aliphatic rings. The number of nitrogens with one attached hydrogen (secondary N) is 1. The largest absolute Gasteiger partial charge is 0.497 e. The lowest BCUT2D eigenvalue weighted by Crippen LogP contribution is -2.06. The van der Waals surface area contributed by atoms with Crippen molar-refractivity contribution in [1.82, 2.24) is 4.98 Å². The number of hydrogen-bond acceptors (Lipinski definition) is 5. The van der Waals surface area contributed by atoms with Gasteiger partial charge in [-0.15, -0.1) is 0 Å². The number of hydrogen-bond donors (Lipinski definition) is 1. The van der Waals surface area contributed by atoms with Gasteiger partial charge in [0.2, 0.25) is 0 Å². The van der Waals surface area contributed by atoms with Crippen LogP contribution >= 0.6 is 0 Å². The number of benzene rings is 2. The van der Waals surface area contributed by atoms with Gasteiger partial charge in [-0.25, -0.2) is 4.79 Å². The first-order valence-electron chi connectivity index (χ1n) is 7.95. The molecule has 27 heavy (non-hydrogen) atoms. The quantitative estimate of drug-likeness (QED) is 0.627. The van der Waals surface area contributed by atoms with Crippen LogP contribution in [0.15, 0.2) is 42.5 Å². The smallest absolute Gasteiger partial charge is 0.387 e. The van der Waals surface area contributed by atoms with E-state index < -0.39 is 12.6 Å². The van der Waals surface area contributed by atoms with E-state index >= 15 is 0 Å². The molecule has 1 N–H and O–H groups in total. The Hall–Kier alpha value is -3.29. The molecule has 2 aromatic carbocycles. The van der Waals surface area contributed by atoms with E-state index in [1.807, 2.05) is 6.07 Å². The molecule has 3 rings (SSSR count). The first-order chi connectivity index (χ1) is 13.0. The van der Waals surface area contributed by atoms with Crippen molar-refractivity contribution in [2.24, 2.45) is 0 Å². The molecule has 1 aromatic heterocycles. The van der Waals surface area contributed by atoms with Crippen LogP contribution in [0.25, 0.3) is 10.9 Å². The zero-order valence-electron chi connectivity index (χ0n) is 14.6. The van der Waals surface area contributed by atoms with Crippen LogP contribution in [0.2, 0.25) is 0 Å². The highest BCUT2D eigenvalue weighted by atomic mass is 19.3. The van der Waals surface area contributed by atoms with Crippen LogP contribution in [0.4, 0.5) is 8.78 Å². The van der Waals surface area contributed by atoms with Crippen LogP contribution in [0.1, 0.15) is 16.1 Å². The molecule has 0 fully saturated rings. The summed E-state index contributed by atoms with van der Waals surface area (Å²) in [5.41, 5.74) is 1.61. The molecule has 8 heteroatoms. The third-order valence-electron chi connectivity index (χ3n) is 3.86. The number of carbonyl (C=O) groups excluding carboxylic acids is 1. The Morgan fingerprint density at radius 3 is 2.56 bits per heavy atom. The van der Waals surface area contributed by atoms with Crippen molar-refractivity contribution >= 4 is 16.9 Å². The predicted octanol–water partition coefficient (Wildman–Crippen LogP) is 4.14. The van der Waals surface area contributed by atoms with E-state index in [-0.39, 0.29) is 18.1 Å². The van der Waals surface area contributed by atoms with E-state index in [9.17, 15) is 13.6 Å². The molecular formula is C19H17F2NO5. The molecule has 6 nitrogen and oxygen atoms in total. The van der Waals surface area contributed by atoms with Crippen LogP contribution in [-0.4, -0.2) is 31.8 Å². The number of aromatic amines is 1. The van der Waals surface area contributed by atoms with E-state index in [2.05, 4.69) is 9.72 Å². The standard InChI is InChI=1S/C19H17F2NO5/c1-24-13-5-4-12-8-15(22-14(12)9-13)18(23)26-10-11-3-6-16(27-19(20)21)17(7-11)25-2/h3-9,19,22H,10H2,1-2H3. The Morgan fingerprint density at radius 1 is 1.04 bits per heavy atom. The average Bonchev–Trinajstić information content (AvgIpc) is 3.09. The van der Waals surface area contributed by atoms with Gasteiger partial charge in [-0.1, -0.05) is 6.07 Å². The first kappa shape index (κ1) is 18.5. The van der Waals surface area contributed by atoms with E-state index in [1.54, 1.807) is 25.3 Å². The van der Waals surface area contributed by atoms with Gasteiger partial charge in [0.15, 0.2) is 11.5 Å². The summed E-state index contributed by atoms with van der Waals surface area (Å²) in [5, 5.41) is 0.845. The SMILES string of the molecule is COc1ccc2cc(C(=O)OCc3ccc(OC(F)F)c(OC)c3)[nH]c2c1. The van der Waals surface area contributed by atoms with E-state index in [1.165, 1.54) is 25.3 Å². The second kappa shape index (κ2) is 7.94. The second-order valence-corrected chi connectivity index (χ2v) is 5.58. The van der Waals surface area contributed by atoms with Crippen molar-refractivity contribution in [2.75, 3.05) is 14.2 Å². The molecule has 1 heterocycles. The predicted molar refractivity (Wildman–Crippen MR) is 93.6 cm³/mol. The molecule has 0 saturated carbocycles. The fourth-order valence-electron chi connectivity index (χ4n) is 2.56. The van der Waals surface area contributed by atoms with Gasteiger partial charge in [-0.3, -0.25) is 0 Å². The number of carbonyl (C=O) groups is 1. The molecule has 0 aliphatic heterocycles. The monoisotopic (exact) mass is 377 g/mol. The van der Waals surface area contributed by atoms with Crippen molar-refractivity contribution in [3.05, 3.63) is 53.7 Å². The third-order valence-corrected chi connectivity index (χ3v) is 3.86. The van der Waals surface area contributed by atoms with Gasteiger partial charge in [-0.2, -0.15) is 8.78 Å². The molecule has 3 aromatic rings. The summed E-state index contributed by atoms with van der Waals surface area (Å²) in [4.78, 5) is 15.2. The number of methoxy groups -OCH3 is 2. The van der Waals surface area contributed by atoms with Gasteiger partial charge in [0, 0.05) is 17.0 Å². The number of alkyl halides is 2. The normalized spacial score (nSPS) is 10.9. The van der Waals surface area contributed by atoms with Crippen molar-refractivity contribution in [1.29, 1.82) is 0 Å². The molecule has 0 radical (unpaired) electrons. The number of H-pyrrole nitrogens is 1. The van der Waals surface area contributed by atoms with Crippen molar-refractivity contribution < 1.29 is 32.5 Å². The summed E-state index contributed by atoms with van der Waals surface area (Å²) < 4.78 is 44.5. The second-order valence-electron chi connectivity index (χ2n) is 5.58. The maximum absolute atomic E-state index is 12.4. The highest BCUT2D eigenvalue weighted by Crippen LogP contribution is 2.30. The van der Waals surface area contributed by atoms with Gasteiger partial charge >= 0.3 is 12.6 Å². The van der Waals surface area contributed by atoms with Gasteiger partial charge < -0.3 is 23.9 Å². The maximum atomic E-state index is 12.4. The number of ether oxygens (including phenoxy) is 4. The zero-order valence-corrected chi connectivity index (χ0v) is 14.6. The molecular weight excluding hydrogens is 360 g/mol. The van der Waals surface area contributed by atoms with Crippen LogP contribution < -0.4 is 14.2 Å². The minimum absolute atomic E-state index is 0.0527.